The fourth-order valence-electron chi connectivity index (χ4n) is 1.60. The average molecular weight is 378 g/mol. The molecule has 0 aliphatic rings. The van der Waals surface area contributed by atoms with Gasteiger partial charge < -0.3 is 5.32 Å². The number of pyridine rings is 1. The molecule has 0 spiro atoms. The SMILES string of the molecule is CNc1ccncc1S(=O)(=O)Nc1cc(F)c(Br)cc1F. The van der Waals surface area contributed by atoms with Gasteiger partial charge in [-0.15, -0.1) is 0 Å². The Labute approximate surface area is 128 Å². The van der Waals surface area contributed by atoms with Crippen molar-refractivity contribution in [2.45, 2.75) is 4.90 Å². The molecule has 2 rings (SSSR count). The molecule has 0 bridgehead atoms. The van der Waals surface area contributed by atoms with Gasteiger partial charge in [0.1, 0.15) is 16.5 Å². The molecular formula is C12H10BrF2N3O2S. The Morgan fingerprint density at radius 3 is 2.57 bits per heavy atom. The molecule has 2 aromatic rings. The second-order valence-corrected chi connectivity index (χ2v) is 6.48. The van der Waals surface area contributed by atoms with Crippen molar-refractivity contribution in [1.29, 1.82) is 0 Å². The van der Waals surface area contributed by atoms with Gasteiger partial charge in [-0.25, -0.2) is 17.2 Å². The van der Waals surface area contributed by atoms with Crippen LogP contribution in [0, 0.1) is 11.6 Å². The van der Waals surface area contributed by atoms with E-state index in [4.69, 9.17) is 0 Å². The van der Waals surface area contributed by atoms with Crippen molar-refractivity contribution >= 4 is 37.3 Å². The highest BCUT2D eigenvalue weighted by molar-refractivity contribution is 9.10. The first-order valence-electron chi connectivity index (χ1n) is 5.64. The van der Waals surface area contributed by atoms with Crippen LogP contribution in [0.1, 0.15) is 0 Å². The molecular weight excluding hydrogens is 368 g/mol. The molecule has 0 aliphatic heterocycles. The standard InChI is InChI=1S/C12H10BrF2N3O2S/c1-16-10-2-3-17-6-12(10)21(19,20)18-11-5-8(14)7(13)4-9(11)15/h2-6,18H,1H3,(H,16,17). The van der Waals surface area contributed by atoms with Crippen molar-refractivity contribution in [2.75, 3.05) is 17.1 Å². The van der Waals surface area contributed by atoms with Gasteiger partial charge in [0.25, 0.3) is 10.0 Å². The second kappa shape index (κ2) is 5.94. The summed E-state index contributed by atoms with van der Waals surface area (Å²) in [5.41, 5.74) is -0.197. The van der Waals surface area contributed by atoms with Gasteiger partial charge in [0.15, 0.2) is 0 Å². The molecule has 0 atom stereocenters. The third-order valence-corrected chi connectivity index (χ3v) is 4.60. The summed E-state index contributed by atoms with van der Waals surface area (Å²) in [4.78, 5) is 3.55. The molecule has 0 radical (unpaired) electrons. The predicted molar refractivity (Wildman–Crippen MR) is 78.7 cm³/mol. The highest BCUT2D eigenvalue weighted by Gasteiger charge is 2.21. The van der Waals surface area contributed by atoms with Gasteiger partial charge in [-0.2, -0.15) is 0 Å². The summed E-state index contributed by atoms with van der Waals surface area (Å²) < 4.78 is 53.5. The Kier molecular flexibility index (Phi) is 4.43. The molecule has 9 heteroatoms. The molecule has 0 unspecified atom stereocenters. The minimum absolute atomic E-state index is 0.0970. The van der Waals surface area contributed by atoms with Gasteiger partial charge in [0.2, 0.25) is 0 Å². The minimum Gasteiger partial charge on any atom is -0.387 e. The predicted octanol–water partition coefficient (Wildman–Crippen LogP) is 2.96. The zero-order valence-electron chi connectivity index (χ0n) is 10.7. The van der Waals surface area contributed by atoms with Crippen LogP contribution in [0.5, 0.6) is 0 Å². The molecule has 1 aromatic heterocycles. The maximum atomic E-state index is 13.7. The zero-order chi connectivity index (χ0) is 15.6. The van der Waals surface area contributed by atoms with Crippen LogP contribution < -0.4 is 10.0 Å². The van der Waals surface area contributed by atoms with E-state index in [1.54, 1.807) is 0 Å². The molecule has 1 heterocycles. The zero-order valence-corrected chi connectivity index (χ0v) is 13.1. The topological polar surface area (TPSA) is 71.1 Å². The number of hydrogen-bond acceptors (Lipinski definition) is 4. The van der Waals surface area contributed by atoms with Crippen LogP contribution >= 0.6 is 15.9 Å². The Balaban J connectivity index is 2.45. The molecule has 0 amide bonds. The van der Waals surface area contributed by atoms with Crippen LogP contribution in [0.25, 0.3) is 0 Å². The lowest BCUT2D eigenvalue weighted by Gasteiger charge is -2.12. The van der Waals surface area contributed by atoms with Crippen LogP contribution in [0.15, 0.2) is 40.0 Å². The number of sulfonamides is 1. The normalized spacial score (nSPS) is 11.2. The lowest BCUT2D eigenvalue weighted by Crippen LogP contribution is -2.16. The van der Waals surface area contributed by atoms with E-state index in [-0.39, 0.29) is 15.1 Å². The molecule has 21 heavy (non-hydrogen) atoms. The fraction of sp³-hybridized carbons (Fsp3) is 0.0833. The molecule has 5 nitrogen and oxygen atoms in total. The summed E-state index contributed by atoms with van der Waals surface area (Å²) in [5, 5.41) is 2.69. The van der Waals surface area contributed by atoms with E-state index in [2.05, 4.69) is 26.2 Å². The monoisotopic (exact) mass is 377 g/mol. The summed E-state index contributed by atoms with van der Waals surface area (Å²) in [6.45, 7) is 0. The smallest absolute Gasteiger partial charge is 0.265 e. The van der Waals surface area contributed by atoms with Gasteiger partial charge in [-0.3, -0.25) is 9.71 Å². The van der Waals surface area contributed by atoms with Crippen LogP contribution in [0.2, 0.25) is 0 Å². The van der Waals surface area contributed by atoms with E-state index >= 15 is 0 Å². The van der Waals surface area contributed by atoms with Crippen molar-refractivity contribution in [3.05, 3.63) is 46.7 Å². The molecule has 2 N–H and O–H groups in total. The van der Waals surface area contributed by atoms with Crippen molar-refractivity contribution in [2.24, 2.45) is 0 Å². The number of anilines is 2. The molecule has 0 aliphatic carbocycles. The Bertz CT molecular complexity index is 784. The van der Waals surface area contributed by atoms with Crippen LogP contribution in [0.3, 0.4) is 0 Å². The Hall–Kier alpha value is -1.74. The first kappa shape index (κ1) is 15.6. The lowest BCUT2D eigenvalue weighted by molar-refractivity contribution is 0.591. The van der Waals surface area contributed by atoms with E-state index in [0.717, 1.165) is 18.3 Å². The molecule has 112 valence electrons. The highest BCUT2D eigenvalue weighted by Crippen LogP contribution is 2.27. The van der Waals surface area contributed by atoms with Gasteiger partial charge in [-0.1, -0.05) is 0 Å². The van der Waals surface area contributed by atoms with Gasteiger partial charge >= 0.3 is 0 Å². The molecule has 0 saturated carbocycles. The van der Waals surface area contributed by atoms with Crippen LogP contribution in [-0.4, -0.2) is 20.4 Å². The summed E-state index contributed by atoms with van der Waals surface area (Å²) in [6, 6.07) is 3.05. The largest absolute Gasteiger partial charge is 0.387 e. The molecule has 0 fully saturated rings. The third kappa shape index (κ3) is 3.30. The summed E-state index contributed by atoms with van der Waals surface area (Å²) in [7, 11) is -2.57. The van der Waals surface area contributed by atoms with Crippen molar-refractivity contribution in [3.8, 4) is 0 Å². The number of nitrogens with zero attached hydrogens (tertiary/aromatic N) is 1. The number of hydrogen-bond donors (Lipinski definition) is 2. The van der Waals surface area contributed by atoms with Gasteiger partial charge in [0.05, 0.1) is 15.8 Å². The van der Waals surface area contributed by atoms with E-state index in [9.17, 15) is 17.2 Å². The Morgan fingerprint density at radius 2 is 1.90 bits per heavy atom. The first-order valence-corrected chi connectivity index (χ1v) is 7.92. The summed E-state index contributed by atoms with van der Waals surface area (Å²) in [6.07, 6.45) is 2.52. The average Bonchev–Trinajstić information content (AvgIpc) is 2.44. The van der Waals surface area contributed by atoms with Gasteiger partial charge in [-0.05, 0) is 28.1 Å². The quantitative estimate of drug-likeness (QED) is 0.803. The minimum atomic E-state index is -4.11. The van der Waals surface area contributed by atoms with E-state index in [0.29, 0.717) is 0 Å². The summed E-state index contributed by atoms with van der Waals surface area (Å²) in [5.74, 6) is -1.68. The lowest BCUT2D eigenvalue weighted by atomic mass is 10.3. The maximum absolute atomic E-state index is 13.7. The first-order chi connectivity index (χ1) is 9.85. The van der Waals surface area contributed by atoms with Crippen molar-refractivity contribution in [1.82, 2.24) is 4.98 Å². The maximum Gasteiger partial charge on any atom is 0.265 e. The van der Waals surface area contributed by atoms with E-state index in [1.165, 1.54) is 19.3 Å². The number of benzene rings is 1. The van der Waals surface area contributed by atoms with E-state index in [1.807, 2.05) is 4.72 Å². The van der Waals surface area contributed by atoms with Gasteiger partial charge in [0, 0.05) is 25.5 Å². The fourth-order valence-corrected chi connectivity index (χ4v) is 3.13. The Morgan fingerprint density at radius 1 is 1.19 bits per heavy atom. The number of nitrogens with one attached hydrogen (secondary N) is 2. The number of aromatic nitrogens is 1. The van der Waals surface area contributed by atoms with E-state index < -0.39 is 27.3 Å². The van der Waals surface area contributed by atoms with Crippen LogP contribution in [0.4, 0.5) is 20.2 Å². The molecule has 1 aromatic carbocycles. The highest BCUT2D eigenvalue weighted by atomic mass is 79.9. The molecule has 0 saturated heterocycles. The third-order valence-electron chi connectivity index (χ3n) is 2.60. The number of rotatable bonds is 4. The summed E-state index contributed by atoms with van der Waals surface area (Å²) >= 11 is 2.82. The second-order valence-electron chi connectivity index (χ2n) is 3.97. The van der Waals surface area contributed by atoms with Crippen molar-refractivity contribution < 1.29 is 17.2 Å². The van der Waals surface area contributed by atoms with Crippen molar-refractivity contribution in [3.63, 3.8) is 0 Å². The number of halogens is 3. The van der Waals surface area contributed by atoms with Crippen LogP contribution in [-0.2, 0) is 10.0 Å².